The van der Waals surface area contributed by atoms with Crippen molar-refractivity contribution in [2.24, 2.45) is 4.99 Å². The van der Waals surface area contributed by atoms with Crippen LogP contribution in [0.2, 0.25) is 0 Å². The molecule has 1 aromatic rings. The molecule has 0 amide bonds. The van der Waals surface area contributed by atoms with Gasteiger partial charge in [-0.25, -0.2) is 0 Å². The lowest BCUT2D eigenvalue weighted by Crippen LogP contribution is -2.50. The van der Waals surface area contributed by atoms with Gasteiger partial charge in [0.05, 0.1) is 24.9 Å². The predicted molar refractivity (Wildman–Crippen MR) is 124 cm³/mol. The van der Waals surface area contributed by atoms with E-state index in [2.05, 4.69) is 57.3 Å². The maximum absolute atomic E-state index is 9.66. The van der Waals surface area contributed by atoms with Gasteiger partial charge in [0.25, 0.3) is 0 Å². The Hall–Kier alpha value is -1.67. The number of fused-ring (bicyclic) bond motifs is 1. The standard InChI is InChI=1S/C24H39N5O2/c1-2-25-24(26-11-6-12-27-13-9-21(30)10-14-27)29-18-22-23(19-29)31-16-15-28(22)17-20-7-4-3-5-8-20/h3-5,7-8,21-23,30H,2,6,9-19H2,1H3,(H,25,26). The van der Waals surface area contributed by atoms with Crippen molar-refractivity contribution in [2.75, 3.05) is 59.0 Å². The van der Waals surface area contributed by atoms with Crippen molar-refractivity contribution in [3.63, 3.8) is 0 Å². The second kappa shape index (κ2) is 11.3. The number of aliphatic hydroxyl groups is 1. The van der Waals surface area contributed by atoms with Gasteiger partial charge in [-0.3, -0.25) is 9.89 Å². The number of aliphatic imine (C=N–C) groups is 1. The summed E-state index contributed by atoms with van der Waals surface area (Å²) in [5.74, 6) is 1.02. The van der Waals surface area contributed by atoms with Crippen LogP contribution in [0.4, 0.5) is 0 Å². The lowest BCUT2D eigenvalue weighted by molar-refractivity contribution is -0.0502. The molecule has 2 unspecified atom stereocenters. The van der Waals surface area contributed by atoms with Gasteiger partial charge in [0.1, 0.15) is 0 Å². The minimum atomic E-state index is -0.1000. The second-order valence-electron chi connectivity index (χ2n) is 9.00. The Balaban J connectivity index is 1.30. The SMILES string of the molecule is CCNC(=NCCCN1CCC(O)CC1)N1CC2OCCN(Cc3ccccc3)C2C1. The van der Waals surface area contributed by atoms with E-state index >= 15 is 0 Å². The van der Waals surface area contributed by atoms with Crippen molar-refractivity contribution in [1.82, 2.24) is 20.0 Å². The van der Waals surface area contributed by atoms with Crippen molar-refractivity contribution in [3.8, 4) is 0 Å². The smallest absolute Gasteiger partial charge is 0.194 e. The number of hydrogen-bond donors (Lipinski definition) is 2. The lowest BCUT2D eigenvalue weighted by atomic mass is 10.1. The van der Waals surface area contributed by atoms with Crippen LogP contribution in [0.1, 0.15) is 31.7 Å². The Kier molecular flexibility index (Phi) is 8.19. The number of guanidine groups is 1. The summed E-state index contributed by atoms with van der Waals surface area (Å²) in [5, 5.41) is 13.2. The van der Waals surface area contributed by atoms with Crippen LogP contribution >= 0.6 is 0 Å². The maximum atomic E-state index is 9.66. The van der Waals surface area contributed by atoms with Crippen molar-refractivity contribution in [3.05, 3.63) is 35.9 Å². The molecule has 3 fully saturated rings. The number of rotatable bonds is 7. The molecular weight excluding hydrogens is 390 g/mol. The zero-order valence-corrected chi connectivity index (χ0v) is 19.0. The number of piperidine rings is 1. The van der Waals surface area contributed by atoms with Crippen molar-refractivity contribution in [2.45, 2.75) is 51.0 Å². The molecule has 31 heavy (non-hydrogen) atoms. The van der Waals surface area contributed by atoms with Gasteiger partial charge < -0.3 is 25.0 Å². The Morgan fingerprint density at radius 2 is 1.97 bits per heavy atom. The first-order valence-corrected chi connectivity index (χ1v) is 12.1. The molecule has 2 N–H and O–H groups in total. The Bertz CT molecular complexity index is 692. The monoisotopic (exact) mass is 429 g/mol. The summed E-state index contributed by atoms with van der Waals surface area (Å²) in [6.45, 7) is 11.6. The number of hydrogen-bond acceptors (Lipinski definition) is 5. The predicted octanol–water partition coefficient (Wildman–Crippen LogP) is 1.38. The summed E-state index contributed by atoms with van der Waals surface area (Å²) < 4.78 is 6.15. The van der Waals surface area contributed by atoms with Gasteiger partial charge in [0.15, 0.2) is 5.96 Å². The molecular formula is C24H39N5O2. The normalized spacial score (nSPS) is 26.3. The molecule has 0 bridgehead atoms. The molecule has 3 saturated heterocycles. The van der Waals surface area contributed by atoms with Crippen LogP contribution < -0.4 is 5.32 Å². The van der Waals surface area contributed by atoms with Crippen LogP contribution in [-0.2, 0) is 11.3 Å². The average Bonchev–Trinajstić information content (AvgIpc) is 3.23. The van der Waals surface area contributed by atoms with Crippen molar-refractivity contribution < 1.29 is 9.84 Å². The van der Waals surface area contributed by atoms with Crippen LogP contribution in [0.5, 0.6) is 0 Å². The zero-order chi connectivity index (χ0) is 21.5. The van der Waals surface area contributed by atoms with Crippen LogP contribution in [0.15, 0.2) is 35.3 Å². The Morgan fingerprint density at radius 3 is 2.74 bits per heavy atom. The molecule has 2 atom stereocenters. The first-order chi connectivity index (χ1) is 15.2. The van der Waals surface area contributed by atoms with E-state index < -0.39 is 0 Å². The molecule has 3 heterocycles. The zero-order valence-electron chi connectivity index (χ0n) is 19.0. The van der Waals surface area contributed by atoms with E-state index in [0.717, 1.165) is 90.7 Å². The summed E-state index contributed by atoms with van der Waals surface area (Å²) >= 11 is 0. The van der Waals surface area contributed by atoms with E-state index in [-0.39, 0.29) is 12.2 Å². The Morgan fingerprint density at radius 1 is 1.16 bits per heavy atom. The summed E-state index contributed by atoms with van der Waals surface area (Å²) in [5.41, 5.74) is 1.37. The molecule has 0 aliphatic carbocycles. The van der Waals surface area contributed by atoms with Gasteiger partial charge >= 0.3 is 0 Å². The number of morpholine rings is 1. The van der Waals surface area contributed by atoms with E-state index in [4.69, 9.17) is 9.73 Å². The first-order valence-electron chi connectivity index (χ1n) is 12.1. The quantitative estimate of drug-likeness (QED) is 0.388. The van der Waals surface area contributed by atoms with E-state index in [1.165, 1.54) is 5.56 Å². The van der Waals surface area contributed by atoms with Crippen LogP contribution in [0.25, 0.3) is 0 Å². The fourth-order valence-electron chi connectivity index (χ4n) is 4.99. The number of ether oxygens (including phenoxy) is 1. The molecule has 3 aliphatic heterocycles. The van der Waals surface area contributed by atoms with Crippen LogP contribution in [-0.4, -0.2) is 103 Å². The summed E-state index contributed by atoms with van der Waals surface area (Å²) in [4.78, 5) is 12.4. The lowest BCUT2D eigenvalue weighted by Gasteiger charge is -2.36. The number of nitrogens with zero attached hydrogens (tertiary/aromatic N) is 4. The third kappa shape index (κ3) is 6.19. The minimum absolute atomic E-state index is 0.1000. The third-order valence-corrected chi connectivity index (χ3v) is 6.73. The summed E-state index contributed by atoms with van der Waals surface area (Å²) in [6, 6.07) is 11.2. The topological polar surface area (TPSA) is 63.6 Å². The molecule has 3 aliphatic rings. The highest BCUT2D eigenvalue weighted by Crippen LogP contribution is 2.24. The van der Waals surface area contributed by atoms with Crippen LogP contribution in [0, 0.1) is 0 Å². The van der Waals surface area contributed by atoms with Crippen LogP contribution in [0.3, 0.4) is 0 Å². The highest BCUT2D eigenvalue weighted by atomic mass is 16.5. The average molecular weight is 430 g/mol. The molecule has 7 nitrogen and oxygen atoms in total. The molecule has 7 heteroatoms. The number of likely N-dealkylation sites (tertiary alicyclic amines) is 2. The molecule has 1 aromatic carbocycles. The summed E-state index contributed by atoms with van der Waals surface area (Å²) in [6.07, 6.45) is 3.02. The minimum Gasteiger partial charge on any atom is -0.393 e. The third-order valence-electron chi connectivity index (χ3n) is 6.73. The van der Waals surface area contributed by atoms with Gasteiger partial charge in [0.2, 0.25) is 0 Å². The van der Waals surface area contributed by atoms with Gasteiger partial charge in [0, 0.05) is 52.4 Å². The molecule has 0 spiro atoms. The molecule has 0 aromatic heterocycles. The largest absolute Gasteiger partial charge is 0.393 e. The fourth-order valence-corrected chi connectivity index (χ4v) is 4.99. The van der Waals surface area contributed by atoms with E-state index in [1.807, 2.05) is 0 Å². The highest BCUT2D eigenvalue weighted by Gasteiger charge is 2.41. The van der Waals surface area contributed by atoms with E-state index in [9.17, 15) is 5.11 Å². The number of aliphatic hydroxyl groups excluding tert-OH is 1. The molecule has 172 valence electrons. The van der Waals surface area contributed by atoms with E-state index in [0.29, 0.717) is 6.04 Å². The molecule has 0 radical (unpaired) electrons. The summed E-state index contributed by atoms with van der Waals surface area (Å²) in [7, 11) is 0. The Labute approximate surface area is 187 Å². The van der Waals surface area contributed by atoms with Gasteiger partial charge in [-0.2, -0.15) is 0 Å². The van der Waals surface area contributed by atoms with Gasteiger partial charge in [-0.05, 0) is 38.3 Å². The number of nitrogens with one attached hydrogen (secondary N) is 1. The van der Waals surface area contributed by atoms with Crippen molar-refractivity contribution >= 4 is 5.96 Å². The van der Waals surface area contributed by atoms with E-state index in [1.54, 1.807) is 0 Å². The fraction of sp³-hybridized carbons (Fsp3) is 0.708. The maximum Gasteiger partial charge on any atom is 0.194 e. The highest BCUT2D eigenvalue weighted by molar-refractivity contribution is 5.80. The first kappa shape index (κ1) is 22.5. The second-order valence-corrected chi connectivity index (χ2v) is 9.00. The number of benzene rings is 1. The van der Waals surface area contributed by atoms with Gasteiger partial charge in [-0.1, -0.05) is 30.3 Å². The molecule has 4 rings (SSSR count). The van der Waals surface area contributed by atoms with Crippen molar-refractivity contribution in [1.29, 1.82) is 0 Å². The molecule has 0 saturated carbocycles. The van der Waals surface area contributed by atoms with Gasteiger partial charge in [-0.15, -0.1) is 0 Å².